The van der Waals surface area contributed by atoms with Gasteiger partial charge in [-0.15, -0.1) is 0 Å². The zero-order valence-electron chi connectivity index (χ0n) is 13.9. The largest absolute Gasteiger partial charge is 0.493 e. The molecule has 1 aromatic heterocycles. The number of H-pyrrole nitrogens is 1. The number of benzene rings is 2. The Morgan fingerprint density at radius 2 is 2.04 bits per heavy atom. The van der Waals surface area contributed by atoms with Crippen molar-refractivity contribution in [3.8, 4) is 11.5 Å². The zero-order chi connectivity index (χ0) is 17.8. The lowest BCUT2D eigenvalue weighted by molar-refractivity contribution is 0.309. The molecule has 0 bridgehead atoms. The number of rotatable bonds is 5. The lowest BCUT2D eigenvalue weighted by Gasteiger charge is -2.12. The van der Waals surface area contributed by atoms with Gasteiger partial charge >= 0.3 is 0 Å². The van der Waals surface area contributed by atoms with E-state index < -0.39 is 0 Å². The molecule has 0 aliphatic carbocycles. The summed E-state index contributed by atoms with van der Waals surface area (Å²) < 4.78 is 11.7. The summed E-state index contributed by atoms with van der Waals surface area (Å²) in [5.41, 5.74) is 2.44. The van der Waals surface area contributed by atoms with Crippen molar-refractivity contribution in [3.05, 3.63) is 62.5 Å². The summed E-state index contributed by atoms with van der Waals surface area (Å²) in [6.45, 7) is 2.46. The summed E-state index contributed by atoms with van der Waals surface area (Å²) in [6.07, 6.45) is 3.50. The maximum absolute atomic E-state index is 12.2. The van der Waals surface area contributed by atoms with Crippen LogP contribution in [-0.4, -0.2) is 23.7 Å². The van der Waals surface area contributed by atoms with Gasteiger partial charge in [-0.25, -0.2) is 4.98 Å². The van der Waals surface area contributed by atoms with Crippen LogP contribution in [-0.2, 0) is 0 Å². The molecule has 0 aliphatic heterocycles. The van der Waals surface area contributed by atoms with Crippen molar-refractivity contribution >= 4 is 39.1 Å². The molecule has 0 radical (unpaired) electrons. The van der Waals surface area contributed by atoms with Gasteiger partial charge in [-0.1, -0.05) is 18.2 Å². The Balaban J connectivity index is 1.98. The van der Waals surface area contributed by atoms with Crippen molar-refractivity contribution in [1.29, 1.82) is 0 Å². The topological polar surface area (TPSA) is 64.2 Å². The highest BCUT2D eigenvalue weighted by Crippen LogP contribution is 2.37. The van der Waals surface area contributed by atoms with Gasteiger partial charge in [-0.2, -0.15) is 0 Å². The van der Waals surface area contributed by atoms with Gasteiger partial charge in [0.05, 0.1) is 29.2 Å². The van der Waals surface area contributed by atoms with Gasteiger partial charge in [0.25, 0.3) is 5.56 Å². The van der Waals surface area contributed by atoms with Gasteiger partial charge in [0, 0.05) is 0 Å². The molecule has 3 aromatic rings. The van der Waals surface area contributed by atoms with Gasteiger partial charge in [0.1, 0.15) is 5.69 Å². The van der Waals surface area contributed by atoms with Crippen LogP contribution in [0.15, 0.2) is 45.7 Å². The molecule has 0 spiro atoms. The number of halogens is 1. The van der Waals surface area contributed by atoms with Crippen LogP contribution >= 0.6 is 15.9 Å². The van der Waals surface area contributed by atoms with Gasteiger partial charge in [0.15, 0.2) is 11.5 Å². The second kappa shape index (κ2) is 7.53. The SMILES string of the molecule is CCOc1c(Br)cc(/C=C/c2nc3ccccc3[nH]c2=O)cc1OC. The number of hydrogen-bond acceptors (Lipinski definition) is 4. The lowest BCUT2D eigenvalue weighted by Crippen LogP contribution is -2.11. The van der Waals surface area contributed by atoms with E-state index in [1.54, 1.807) is 13.2 Å². The Morgan fingerprint density at radius 1 is 1.24 bits per heavy atom. The van der Waals surface area contributed by atoms with E-state index in [0.29, 0.717) is 23.8 Å². The second-order valence-electron chi connectivity index (χ2n) is 5.27. The highest BCUT2D eigenvalue weighted by molar-refractivity contribution is 9.10. The first kappa shape index (κ1) is 17.2. The zero-order valence-corrected chi connectivity index (χ0v) is 15.5. The summed E-state index contributed by atoms with van der Waals surface area (Å²) in [5, 5.41) is 0. The number of hydrogen-bond donors (Lipinski definition) is 1. The van der Waals surface area contributed by atoms with Crippen LogP contribution in [0, 0.1) is 0 Å². The number of nitrogens with zero attached hydrogens (tertiary/aromatic N) is 1. The van der Waals surface area contributed by atoms with Crippen LogP contribution in [0.4, 0.5) is 0 Å². The van der Waals surface area contributed by atoms with Crippen LogP contribution in [0.3, 0.4) is 0 Å². The van der Waals surface area contributed by atoms with Crippen LogP contribution in [0.5, 0.6) is 11.5 Å². The van der Waals surface area contributed by atoms with E-state index in [-0.39, 0.29) is 5.56 Å². The molecule has 3 rings (SSSR count). The third-order valence-corrected chi connectivity index (χ3v) is 4.19. The van der Waals surface area contributed by atoms with Crippen molar-refractivity contribution in [1.82, 2.24) is 9.97 Å². The van der Waals surface area contributed by atoms with E-state index in [1.165, 1.54) is 0 Å². The minimum Gasteiger partial charge on any atom is -0.493 e. The quantitative estimate of drug-likeness (QED) is 0.694. The molecular weight excluding hydrogens is 384 g/mol. The van der Waals surface area contributed by atoms with E-state index in [0.717, 1.165) is 21.1 Å². The molecule has 0 fully saturated rings. The van der Waals surface area contributed by atoms with Gasteiger partial charge in [-0.05, 0) is 58.8 Å². The van der Waals surface area contributed by atoms with Gasteiger partial charge in [0.2, 0.25) is 0 Å². The highest BCUT2D eigenvalue weighted by Gasteiger charge is 2.10. The monoisotopic (exact) mass is 400 g/mol. The predicted octanol–water partition coefficient (Wildman–Crippen LogP) is 4.26. The van der Waals surface area contributed by atoms with Gasteiger partial charge < -0.3 is 14.5 Å². The first-order valence-corrected chi connectivity index (χ1v) is 8.59. The van der Waals surface area contributed by atoms with E-state index in [4.69, 9.17) is 9.47 Å². The molecule has 2 aromatic carbocycles. The first-order valence-electron chi connectivity index (χ1n) is 7.80. The number of methoxy groups -OCH3 is 1. The van der Waals surface area contributed by atoms with E-state index in [1.807, 2.05) is 49.4 Å². The Bertz CT molecular complexity index is 996. The lowest BCUT2D eigenvalue weighted by atomic mass is 10.1. The molecule has 0 saturated carbocycles. The third kappa shape index (κ3) is 3.74. The van der Waals surface area contributed by atoms with Crippen LogP contribution < -0.4 is 15.0 Å². The minimum atomic E-state index is -0.230. The highest BCUT2D eigenvalue weighted by atomic mass is 79.9. The Hall–Kier alpha value is -2.60. The normalized spacial score (nSPS) is 11.2. The van der Waals surface area contributed by atoms with Crippen molar-refractivity contribution < 1.29 is 9.47 Å². The molecule has 25 heavy (non-hydrogen) atoms. The Kier molecular flexibility index (Phi) is 5.19. The summed E-state index contributed by atoms with van der Waals surface area (Å²) in [7, 11) is 1.59. The third-order valence-electron chi connectivity index (χ3n) is 3.60. The second-order valence-corrected chi connectivity index (χ2v) is 6.12. The fourth-order valence-electron chi connectivity index (χ4n) is 2.45. The summed E-state index contributed by atoms with van der Waals surface area (Å²) >= 11 is 3.49. The predicted molar refractivity (Wildman–Crippen MR) is 103 cm³/mol. The van der Waals surface area contributed by atoms with Crippen LogP contribution in [0.2, 0.25) is 0 Å². The van der Waals surface area contributed by atoms with Gasteiger partial charge in [-0.3, -0.25) is 4.79 Å². The summed E-state index contributed by atoms with van der Waals surface area (Å²) in [5.74, 6) is 1.28. The van der Waals surface area contributed by atoms with Crippen molar-refractivity contribution in [2.75, 3.05) is 13.7 Å². The molecule has 1 N–H and O–H groups in total. The van der Waals surface area contributed by atoms with Crippen molar-refractivity contribution in [2.24, 2.45) is 0 Å². The maximum atomic E-state index is 12.2. The molecule has 1 heterocycles. The molecular formula is C19H17BrN2O3. The fourth-order valence-corrected chi connectivity index (χ4v) is 3.03. The Morgan fingerprint density at radius 3 is 2.80 bits per heavy atom. The fraction of sp³-hybridized carbons (Fsp3) is 0.158. The van der Waals surface area contributed by atoms with Crippen molar-refractivity contribution in [2.45, 2.75) is 6.92 Å². The number of aromatic nitrogens is 2. The summed E-state index contributed by atoms with van der Waals surface area (Å²) in [6, 6.07) is 11.2. The number of nitrogens with one attached hydrogen (secondary N) is 1. The van der Waals surface area contributed by atoms with Crippen LogP contribution in [0.25, 0.3) is 23.2 Å². The maximum Gasteiger partial charge on any atom is 0.274 e. The standard InChI is InChI=1S/C19H17BrN2O3/c1-3-25-18-13(20)10-12(11-17(18)24-2)8-9-16-19(23)22-15-7-5-4-6-14(15)21-16/h4-11H,3H2,1-2H3,(H,22,23)/b9-8+. The number of para-hydroxylation sites is 2. The molecule has 0 unspecified atom stereocenters. The number of ether oxygens (including phenoxy) is 2. The van der Waals surface area contributed by atoms with E-state index >= 15 is 0 Å². The molecule has 6 heteroatoms. The Labute approximate surface area is 153 Å². The average Bonchev–Trinajstić information content (AvgIpc) is 2.61. The molecule has 5 nitrogen and oxygen atoms in total. The molecule has 0 atom stereocenters. The van der Waals surface area contributed by atoms with E-state index in [2.05, 4.69) is 25.9 Å². The first-order chi connectivity index (χ1) is 12.1. The van der Waals surface area contributed by atoms with E-state index in [9.17, 15) is 4.79 Å². The average molecular weight is 401 g/mol. The minimum absolute atomic E-state index is 0.230. The molecule has 0 amide bonds. The molecule has 0 aliphatic rings. The number of aromatic amines is 1. The molecule has 128 valence electrons. The smallest absolute Gasteiger partial charge is 0.274 e. The van der Waals surface area contributed by atoms with Crippen molar-refractivity contribution in [3.63, 3.8) is 0 Å². The molecule has 0 saturated heterocycles. The summed E-state index contributed by atoms with van der Waals surface area (Å²) in [4.78, 5) is 19.4. The van der Waals surface area contributed by atoms with Crippen LogP contribution in [0.1, 0.15) is 18.2 Å². The number of fused-ring (bicyclic) bond motifs is 1.